The molecule has 2 nitrogen and oxygen atoms in total. The lowest BCUT2D eigenvalue weighted by molar-refractivity contribution is 0.629. The molecule has 2 aromatic carbocycles. The first-order valence-electron chi connectivity index (χ1n) is 6.80. The first-order chi connectivity index (χ1) is 10.1. The Balaban J connectivity index is 2.33. The van der Waals surface area contributed by atoms with E-state index in [9.17, 15) is 4.39 Å². The number of rotatable bonds is 3. The lowest BCUT2D eigenvalue weighted by Gasteiger charge is -2.11. The smallest absolute Gasteiger partial charge is 0.182 e. The van der Waals surface area contributed by atoms with Crippen molar-refractivity contribution in [3.05, 3.63) is 57.6 Å². The summed E-state index contributed by atoms with van der Waals surface area (Å²) in [6.45, 7) is 2.13. The number of aryl methyl sites for hydroxylation is 1. The van der Waals surface area contributed by atoms with Gasteiger partial charge in [0.1, 0.15) is 5.82 Å². The minimum absolute atomic E-state index is 0.0905. The number of imidazole rings is 1. The van der Waals surface area contributed by atoms with E-state index in [4.69, 9.17) is 23.8 Å². The Morgan fingerprint density at radius 1 is 1.29 bits per heavy atom. The number of aromatic nitrogens is 2. The number of para-hydroxylation sites is 1. The zero-order chi connectivity index (χ0) is 15.0. The first kappa shape index (κ1) is 14.3. The second kappa shape index (κ2) is 5.62. The maximum atomic E-state index is 13.8. The van der Waals surface area contributed by atoms with Gasteiger partial charge in [-0.05, 0) is 36.3 Å². The van der Waals surface area contributed by atoms with Gasteiger partial charge in [0.25, 0.3) is 0 Å². The van der Waals surface area contributed by atoms with Crippen LogP contribution < -0.4 is 0 Å². The fourth-order valence-electron chi connectivity index (χ4n) is 2.55. The van der Waals surface area contributed by atoms with E-state index in [1.54, 1.807) is 6.07 Å². The van der Waals surface area contributed by atoms with Crippen LogP contribution in [0.5, 0.6) is 0 Å². The van der Waals surface area contributed by atoms with Crippen LogP contribution in [0, 0.1) is 10.6 Å². The molecule has 5 heteroatoms. The van der Waals surface area contributed by atoms with Crippen LogP contribution in [0.4, 0.5) is 4.39 Å². The van der Waals surface area contributed by atoms with Crippen LogP contribution in [0.15, 0.2) is 36.4 Å². The van der Waals surface area contributed by atoms with Gasteiger partial charge in [0.15, 0.2) is 4.77 Å². The predicted octanol–water partition coefficient (Wildman–Crippen LogP) is 5.43. The molecule has 0 aliphatic carbocycles. The Bertz CT molecular complexity index is 866. The highest BCUT2D eigenvalue weighted by molar-refractivity contribution is 7.71. The number of nitrogens with one attached hydrogen (secondary N) is 1. The molecule has 0 saturated carbocycles. The number of benzene rings is 2. The van der Waals surface area contributed by atoms with Crippen molar-refractivity contribution in [2.75, 3.05) is 0 Å². The van der Waals surface area contributed by atoms with Gasteiger partial charge in [0.05, 0.1) is 21.7 Å². The van der Waals surface area contributed by atoms with E-state index in [1.165, 1.54) is 11.6 Å². The molecule has 1 aromatic heterocycles. The van der Waals surface area contributed by atoms with Gasteiger partial charge in [0.2, 0.25) is 0 Å². The molecule has 0 fully saturated rings. The highest BCUT2D eigenvalue weighted by Crippen LogP contribution is 2.27. The summed E-state index contributed by atoms with van der Waals surface area (Å²) in [4.78, 5) is 3.09. The summed E-state index contributed by atoms with van der Waals surface area (Å²) < 4.78 is 16.2. The van der Waals surface area contributed by atoms with Crippen LogP contribution in [-0.2, 0) is 6.42 Å². The number of aromatic amines is 1. The molecule has 0 saturated heterocycles. The van der Waals surface area contributed by atoms with Crippen LogP contribution >= 0.6 is 23.8 Å². The van der Waals surface area contributed by atoms with Crippen molar-refractivity contribution in [2.24, 2.45) is 0 Å². The molecule has 1 N–H and O–H groups in total. The highest BCUT2D eigenvalue weighted by atomic mass is 35.5. The largest absolute Gasteiger partial charge is 0.330 e. The Kier molecular flexibility index (Phi) is 3.83. The van der Waals surface area contributed by atoms with E-state index in [-0.39, 0.29) is 5.02 Å². The molecule has 1 heterocycles. The summed E-state index contributed by atoms with van der Waals surface area (Å²) in [6.07, 6.45) is 1.98. The van der Waals surface area contributed by atoms with Gasteiger partial charge in [0, 0.05) is 6.07 Å². The predicted molar refractivity (Wildman–Crippen MR) is 87.4 cm³/mol. The summed E-state index contributed by atoms with van der Waals surface area (Å²) >= 11 is 11.2. The van der Waals surface area contributed by atoms with Crippen LogP contribution in [0.25, 0.3) is 16.7 Å². The molecule has 0 bridgehead atoms. The number of H-pyrrole nitrogens is 1. The van der Waals surface area contributed by atoms with Crippen molar-refractivity contribution in [1.29, 1.82) is 0 Å². The van der Waals surface area contributed by atoms with Gasteiger partial charge in [-0.25, -0.2) is 4.39 Å². The maximum absolute atomic E-state index is 13.8. The van der Waals surface area contributed by atoms with Gasteiger partial charge in [-0.3, -0.25) is 4.57 Å². The third kappa shape index (κ3) is 2.49. The Morgan fingerprint density at radius 3 is 2.81 bits per heavy atom. The van der Waals surface area contributed by atoms with Crippen LogP contribution in [0.2, 0.25) is 5.02 Å². The van der Waals surface area contributed by atoms with E-state index in [2.05, 4.69) is 18.0 Å². The Hall–Kier alpha value is -1.65. The topological polar surface area (TPSA) is 20.7 Å². The molecular formula is C16H14ClFN2S. The average molecular weight is 321 g/mol. The molecule has 0 spiro atoms. The zero-order valence-corrected chi connectivity index (χ0v) is 13.1. The summed E-state index contributed by atoms with van der Waals surface area (Å²) in [5.74, 6) is -0.445. The van der Waals surface area contributed by atoms with E-state index in [1.807, 2.05) is 22.8 Å². The molecule has 0 unspecified atom stereocenters. The summed E-state index contributed by atoms with van der Waals surface area (Å²) in [5, 5.41) is 0.0905. The standard InChI is InChI=1S/C16H14ClFN2S/c1-2-5-10-6-3-4-7-14(10)20-15-9-12(18)11(17)8-13(15)19-16(20)21/h3-4,6-9H,2,5H2,1H3,(H,19,21). The second-order valence-corrected chi connectivity index (χ2v) is 5.72. The Morgan fingerprint density at radius 2 is 2.05 bits per heavy atom. The number of fused-ring (bicyclic) bond motifs is 1. The quantitative estimate of drug-likeness (QED) is 0.638. The van der Waals surface area contributed by atoms with E-state index in [0.717, 1.165) is 24.0 Å². The molecule has 0 radical (unpaired) electrons. The normalized spacial score (nSPS) is 11.2. The Labute approximate surface area is 132 Å². The molecule has 3 aromatic rings. The molecule has 0 amide bonds. The van der Waals surface area contributed by atoms with Crippen molar-refractivity contribution in [1.82, 2.24) is 9.55 Å². The average Bonchev–Trinajstić information content (AvgIpc) is 2.76. The minimum atomic E-state index is -0.445. The molecule has 108 valence electrons. The monoisotopic (exact) mass is 320 g/mol. The van der Waals surface area contributed by atoms with Crippen molar-refractivity contribution in [3.8, 4) is 5.69 Å². The lowest BCUT2D eigenvalue weighted by Crippen LogP contribution is -1.99. The molecule has 0 aliphatic heterocycles. The summed E-state index contributed by atoms with van der Waals surface area (Å²) in [5.41, 5.74) is 3.60. The number of halogens is 2. The molecule has 0 atom stereocenters. The van der Waals surface area contributed by atoms with Gasteiger partial charge in [-0.1, -0.05) is 43.1 Å². The highest BCUT2D eigenvalue weighted by Gasteiger charge is 2.12. The molecule has 21 heavy (non-hydrogen) atoms. The maximum Gasteiger partial charge on any atom is 0.182 e. The van der Waals surface area contributed by atoms with E-state index >= 15 is 0 Å². The third-order valence-electron chi connectivity index (χ3n) is 3.48. The van der Waals surface area contributed by atoms with Gasteiger partial charge >= 0.3 is 0 Å². The van der Waals surface area contributed by atoms with Crippen molar-refractivity contribution in [2.45, 2.75) is 19.8 Å². The molecular weight excluding hydrogens is 307 g/mol. The van der Waals surface area contributed by atoms with E-state index in [0.29, 0.717) is 10.3 Å². The fraction of sp³-hybridized carbons (Fsp3) is 0.188. The van der Waals surface area contributed by atoms with Crippen molar-refractivity contribution in [3.63, 3.8) is 0 Å². The number of hydrogen-bond donors (Lipinski definition) is 1. The minimum Gasteiger partial charge on any atom is -0.330 e. The van der Waals surface area contributed by atoms with Gasteiger partial charge in [-0.15, -0.1) is 0 Å². The van der Waals surface area contributed by atoms with Crippen LogP contribution in [0.1, 0.15) is 18.9 Å². The van der Waals surface area contributed by atoms with Gasteiger partial charge < -0.3 is 4.98 Å². The SMILES string of the molecule is CCCc1ccccc1-n1c(=S)[nH]c2cc(Cl)c(F)cc21. The second-order valence-electron chi connectivity index (χ2n) is 4.93. The molecule has 0 aliphatic rings. The van der Waals surface area contributed by atoms with Crippen LogP contribution in [0.3, 0.4) is 0 Å². The number of hydrogen-bond acceptors (Lipinski definition) is 1. The van der Waals surface area contributed by atoms with Crippen LogP contribution in [-0.4, -0.2) is 9.55 Å². The number of nitrogens with zero attached hydrogens (tertiary/aromatic N) is 1. The lowest BCUT2D eigenvalue weighted by atomic mass is 10.1. The molecule has 3 rings (SSSR count). The van der Waals surface area contributed by atoms with Crippen molar-refractivity contribution < 1.29 is 4.39 Å². The van der Waals surface area contributed by atoms with E-state index < -0.39 is 5.82 Å². The van der Waals surface area contributed by atoms with Gasteiger partial charge in [-0.2, -0.15) is 0 Å². The zero-order valence-electron chi connectivity index (χ0n) is 11.5. The van der Waals surface area contributed by atoms with Crippen molar-refractivity contribution >= 4 is 34.9 Å². The third-order valence-corrected chi connectivity index (χ3v) is 4.05. The summed E-state index contributed by atoms with van der Waals surface area (Å²) in [7, 11) is 0. The first-order valence-corrected chi connectivity index (χ1v) is 7.58. The summed E-state index contributed by atoms with van der Waals surface area (Å²) in [6, 6.07) is 11.0. The fourth-order valence-corrected chi connectivity index (χ4v) is 3.02.